The molecule has 1 amide bonds. The zero-order valence-corrected chi connectivity index (χ0v) is 11.9. The highest BCUT2D eigenvalue weighted by Crippen LogP contribution is 2.28. The molecule has 2 atom stereocenters. The molecule has 2 fully saturated rings. The Hall–Kier alpha value is -0.910. The molecule has 0 bridgehead atoms. The summed E-state index contributed by atoms with van der Waals surface area (Å²) in [5.74, 6) is 0.847. The van der Waals surface area contributed by atoms with Crippen molar-refractivity contribution in [3.63, 3.8) is 0 Å². The molecule has 1 aromatic heterocycles. The van der Waals surface area contributed by atoms with Crippen LogP contribution in [-0.4, -0.2) is 43.5 Å². The molecular formula is C14H21N3OS. The average Bonchev–Trinajstić information content (AvgIpc) is 2.94. The van der Waals surface area contributed by atoms with Crippen LogP contribution in [0.3, 0.4) is 0 Å². The summed E-state index contributed by atoms with van der Waals surface area (Å²) in [5, 5.41) is 8.51. The number of amides is 1. The molecule has 3 rings (SSSR count). The Morgan fingerprint density at radius 2 is 2.37 bits per heavy atom. The fourth-order valence-electron chi connectivity index (χ4n) is 3.08. The minimum Gasteiger partial charge on any atom is -0.353 e. The third-order valence-corrected chi connectivity index (χ3v) is 4.94. The first-order chi connectivity index (χ1) is 9.34. The molecule has 2 aliphatic heterocycles. The van der Waals surface area contributed by atoms with Crippen molar-refractivity contribution in [1.29, 1.82) is 0 Å². The fourth-order valence-corrected chi connectivity index (χ4v) is 3.93. The zero-order chi connectivity index (χ0) is 13.1. The van der Waals surface area contributed by atoms with Gasteiger partial charge in [-0.15, -0.1) is 11.3 Å². The van der Waals surface area contributed by atoms with E-state index < -0.39 is 0 Å². The van der Waals surface area contributed by atoms with Gasteiger partial charge in [-0.05, 0) is 43.3 Å². The third kappa shape index (κ3) is 2.99. The largest absolute Gasteiger partial charge is 0.353 e. The molecule has 0 aliphatic carbocycles. The zero-order valence-electron chi connectivity index (χ0n) is 11.1. The van der Waals surface area contributed by atoms with E-state index in [1.54, 1.807) is 11.3 Å². The SMILES string of the molecule is O=C1NCCN(CC2CCCNC2)C1c1cccs1. The van der Waals surface area contributed by atoms with E-state index in [0.717, 1.165) is 32.7 Å². The first-order valence-corrected chi connectivity index (χ1v) is 7.98. The Balaban J connectivity index is 1.71. The molecule has 2 saturated heterocycles. The van der Waals surface area contributed by atoms with Gasteiger partial charge in [0.2, 0.25) is 5.91 Å². The third-order valence-electron chi connectivity index (χ3n) is 4.02. The summed E-state index contributed by atoms with van der Waals surface area (Å²) in [7, 11) is 0. The molecule has 0 spiro atoms. The predicted octanol–water partition coefficient (Wildman–Crippen LogP) is 1.22. The standard InChI is InChI=1S/C14H21N3OS/c18-14-13(12-4-2-8-19-12)17(7-6-16-14)10-11-3-1-5-15-9-11/h2,4,8,11,13,15H,1,3,5-7,9-10H2,(H,16,18). The molecule has 4 nitrogen and oxygen atoms in total. The van der Waals surface area contributed by atoms with E-state index in [1.807, 2.05) is 6.07 Å². The van der Waals surface area contributed by atoms with Gasteiger partial charge in [-0.25, -0.2) is 0 Å². The normalized spacial score (nSPS) is 29.2. The fraction of sp³-hybridized carbons (Fsp3) is 0.643. The highest BCUT2D eigenvalue weighted by atomic mass is 32.1. The number of carbonyl (C=O) groups is 1. The van der Waals surface area contributed by atoms with E-state index >= 15 is 0 Å². The summed E-state index contributed by atoms with van der Waals surface area (Å²) in [6.07, 6.45) is 2.54. The molecule has 2 N–H and O–H groups in total. The number of nitrogens with one attached hydrogen (secondary N) is 2. The van der Waals surface area contributed by atoms with Gasteiger partial charge in [0.15, 0.2) is 0 Å². The van der Waals surface area contributed by atoms with Crippen molar-refractivity contribution in [2.24, 2.45) is 5.92 Å². The number of rotatable bonds is 3. The lowest BCUT2D eigenvalue weighted by Gasteiger charge is -2.37. The van der Waals surface area contributed by atoms with Crippen LogP contribution in [0.1, 0.15) is 23.8 Å². The van der Waals surface area contributed by atoms with Crippen LogP contribution >= 0.6 is 11.3 Å². The molecule has 0 saturated carbocycles. The molecule has 2 unspecified atom stereocenters. The molecule has 104 valence electrons. The molecule has 3 heterocycles. The Labute approximate surface area is 118 Å². The van der Waals surface area contributed by atoms with Crippen molar-refractivity contribution in [2.45, 2.75) is 18.9 Å². The minimum atomic E-state index is -0.0734. The maximum atomic E-state index is 12.2. The van der Waals surface area contributed by atoms with Crippen LogP contribution in [0.2, 0.25) is 0 Å². The Morgan fingerprint density at radius 1 is 1.42 bits per heavy atom. The lowest BCUT2D eigenvalue weighted by Crippen LogP contribution is -2.52. The van der Waals surface area contributed by atoms with Crippen molar-refractivity contribution in [2.75, 3.05) is 32.7 Å². The lowest BCUT2D eigenvalue weighted by molar-refractivity contribution is -0.129. The van der Waals surface area contributed by atoms with Gasteiger partial charge in [-0.2, -0.15) is 0 Å². The maximum Gasteiger partial charge on any atom is 0.242 e. The topological polar surface area (TPSA) is 44.4 Å². The van der Waals surface area contributed by atoms with E-state index in [2.05, 4.69) is 27.0 Å². The number of thiophene rings is 1. The van der Waals surface area contributed by atoms with Gasteiger partial charge in [0.05, 0.1) is 0 Å². The van der Waals surface area contributed by atoms with Gasteiger partial charge in [0.25, 0.3) is 0 Å². The highest BCUT2D eigenvalue weighted by molar-refractivity contribution is 7.10. The monoisotopic (exact) mass is 279 g/mol. The van der Waals surface area contributed by atoms with Gasteiger partial charge in [0, 0.05) is 24.5 Å². The van der Waals surface area contributed by atoms with E-state index in [9.17, 15) is 4.79 Å². The quantitative estimate of drug-likeness (QED) is 0.874. The van der Waals surface area contributed by atoms with Crippen LogP contribution in [0, 0.1) is 5.92 Å². The van der Waals surface area contributed by atoms with Gasteiger partial charge in [-0.3, -0.25) is 9.69 Å². The van der Waals surface area contributed by atoms with Gasteiger partial charge in [-0.1, -0.05) is 6.07 Å². The number of piperazine rings is 1. The van der Waals surface area contributed by atoms with Crippen molar-refractivity contribution in [1.82, 2.24) is 15.5 Å². The highest BCUT2D eigenvalue weighted by Gasteiger charge is 2.33. The van der Waals surface area contributed by atoms with Crippen LogP contribution in [-0.2, 0) is 4.79 Å². The van der Waals surface area contributed by atoms with Crippen molar-refractivity contribution in [3.05, 3.63) is 22.4 Å². The average molecular weight is 279 g/mol. The number of piperidine rings is 1. The summed E-state index contributed by atoms with van der Waals surface area (Å²) in [6.45, 7) is 5.01. The first-order valence-electron chi connectivity index (χ1n) is 7.10. The summed E-state index contributed by atoms with van der Waals surface area (Å²) in [4.78, 5) is 15.7. The predicted molar refractivity (Wildman–Crippen MR) is 77.2 cm³/mol. The van der Waals surface area contributed by atoms with Gasteiger partial charge >= 0.3 is 0 Å². The molecule has 19 heavy (non-hydrogen) atoms. The van der Waals surface area contributed by atoms with Gasteiger partial charge in [0.1, 0.15) is 6.04 Å². The van der Waals surface area contributed by atoms with Crippen LogP contribution in [0.25, 0.3) is 0 Å². The van der Waals surface area contributed by atoms with E-state index in [0.29, 0.717) is 5.92 Å². The van der Waals surface area contributed by atoms with Crippen molar-refractivity contribution < 1.29 is 4.79 Å². The molecule has 1 aromatic rings. The van der Waals surface area contributed by atoms with Crippen molar-refractivity contribution >= 4 is 17.2 Å². The summed E-state index contributed by atoms with van der Waals surface area (Å²) in [5.41, 5.74) is 0. The molecule has 0 aromatic carbocycles. The molecular weight excluding hydrogens is 258 g/mol. The second-order valence-corrected chi connectivity index (χ2v) is 6.40. The lowest BCUT2D eigenvalue weighted by atomic mass is 9.97. The molecule has 2 aliphatic rings. The van der Waals surface area contributed by atoms with Crippen molar-refractivity contribution in [3.8, 4) is 0 Å². The van der Waals surface area contributed by atoms with Crippen LogP contribution in [0.4, 0.5) is 0 Å². The summed E-state index contributed by atoms with van der Waals surface area (Å²) < 4.78 is 0. The Bertz CT molecular complexity index is 414. The van der Waals surface area contributed by atoms with E-state index in [1.165, 1.54) is 17.7 Å². The van der Waals surface area contributed by atoms with Gasteiger partial charge < -0.3 is 10.6 Å². The number of nitrogens with zero attached hydrogens (tertiary/aromatic N) is 1. The Morgan fingerprint density at radius 3 is 3.11 bits per heavy atom. The minimum absolute atomic E-state index is 0.0734. The summed E-state index contributed by atoms with van der Waals surface area (Å²) >= 11 is 1.68. The van der Waals surface area contributed by atoms with Crippen LogP contribution in [0.5, 0.6) is 0 Å². The summed E-state index contributed by atoms with van der Waals surface area (Å²) in [6, 6.07) is 4.03. The smallest absolute Gasteiger partial charge is 0.242 e. The number of hydrogen-bond donors (Lipinski definition) is 2. The number of carbonyl (C=O) groups excluding carboxylic acids is 1. The maximum absolute atomic E-state index is 12.2. The van der Waals surface area contributed by atoms with E-state index in [-0.39, 0.29) is 11.9 Å². The molecule has 0 radical (unpaired) electrons. The first kappa shape index (κ1) is 13.1. The van der Waals surface area contributed by atoms with Crippen LogP contribution in [0.15, 0.2) is 17.5 Å². The number of hydrogen-bond acceptors (Lipinski definition) is 4. The Kier molecular flexibility index (Phi) is 4.15. The second-order valence-electron chi connectivity index (χ2n) is 5.42. The molecule has 5 heteroatoms. The van der Waals surface area contributed by atoms with E-state index in [4.69, 9.17) is 0 Å². The second kappa shape index (κ2) is 6.03. The van der Waals surface area contributed by atoms with Crippen LogP contribution < -0.4 is 10.6 Å².